The monoisotopic (exact) mass is 413 g/mol. The zero-order valence-electron chi connectivity index (χ0n) is 17.1. The summed E-state index contributed by atoms with van der Waals surface area (Å²) in [5.41, 5.74) is 0.855. The summed E-state index contributed by atoms with van der Waals surface area (Å²) in [4.78, 5) is 26.7. The number of benzene rings is 1. The molecule has 1 rings (SSSR count). The van der Waals surface area contributed by atoms with E-state index in [0.29, 0.717) is 26.2 Å². The number of amides is 2. The van der Waals surface area contributed by atoms with Gasteiger partial charge in [0.05, 0.1) is 12.8 Å². The maximum absolute atomic E-state index is 12.8. The molecule has 158 valence electrons. The minimum atomic E-state index is -3.50. The standard InChI is InChI=1S/C19H31N3O5S/c1-5-27-13-9-12-20-19(24)16(2)22(14-17-10-7-6-8-11-17)18(23)15-21(3)28(4,25)26/h6-8,10-11,16H,5,9,12-15H2,1-4H3,(H,20,24)/t16-/m1/s1. The van der Waals surface area contributed by atoms with Crippen LogP contribution in [0.5, 0.6) is 0 Å². The molecule has 1 aromatic rings. The summed E-state index contributed by atoms with van der Waals surface area (Å²) >= 11 is 0. The van der Waals surface area contributed by atoms with Crippen molar-refractivity contribution in [3.05, 3.63) is 35.9 Å². The number of likely N-dealkylation sites (N-methyl/N-ethyl adjacent to an activating group) is 1. The molecule has 2 amide bonds. The van der Waals surface area contributed by atoms with Gasteiger partial charge in [-0.1, -0.05) is 30.3 Å². The number of carbonyl (C=O) groups is 2. The van der Waals surface area contributed by atoms with Gasteiger partial charge in [0, 0.05) is 33.4 Å². The Balaban J connectivity index is 2.84. The summed E-state index contributed by atoms with van der Waals surface area (Å²) in [6.45, 7) is 5.05. The molecule has 0 saturated heterocycles. The van der Waals surface area contributed by atoms with Gasteiger partial charge in [-0.05, 0) is 25.8 Å². The minimum Gasteiger partial charge on any atom is -0.382 e. The number of rotatable bonds is 12. The summed E-state index contributed by atoms with van der Waals surface area (Å²) in [5, 5.41) is 2.80. The number of ether oxygens (including phenoxy) is 1. The van der Waals surface area contributed by atoms with Crippen molar-refractivity contribution in [2.75, 3.05) is 39.6 Å². The summed E-state index contributed by atoms with van der Waals surface area (Å²) in [6, 6.07) is 8.52. The molecule has 1 atom stereocenters. The Morgan fingerprint density at radius 2 is 1.86 bits per heavy atom. The molecule has 0 heterocycles. The molecule has 1 aromatic carbocycles. The first-order valence-electron chi connectivity index (χ1n) is 9.27. The maximum atomic E-state index is 12.8. The zero-order chi connectivity index (χ0) is 21.2. The van der Waals surface area contributed by atoms with Gasteiger partial charge in [-0.3, -0.25) is 9.59 Å². The number of sulfonamides is 1. The normalized spacial score (nSPS) is 12.6. The fraction of sp³-hybridized carbons (Fsp3) is 0.579. The van der Waals surface area contributed by atoms with Crippen LogP contribution in [-0.4, -0.2) is 75.1 Å². The van der Waals surface area contributed by atoms with Crippen LogP contribution in [0.1, 0.15) is 25.8 Å². The van der Waals surface area contributed by atoms with Crippen LogP contribution in [0.3, 0.4) is 0 Å². The molecule has 9 heteroatoms. The SMILES string of the molecule is CCOCCCNC(=O)[C@@H](C)N(Cc1ccccc1)C(=O)CN(C)S(C)(=O)=O. The van der Waals surface area contributed by atoms with Crippen molar-refractivity contribution in [1.82, 2.24) is 14.5 Å². The number of nitrogens with zero attached hydrogens (tertiary/aromatic N) is 2. The van der Waals surface area contributed by atoms with E-state index >= 15 is 0 Å². The average molecular weight is 414 g/mol. The highest BCUT2D eigenvalue weighted by Crippen LogP contribution is 2.10. The van der Waals surface area contributed by atoms with E-state index in [4.69, 9.17) is 4.74 Å². The third kappa shape index (κ3) is 8.37. The lowest BCUT2D eigenvalue weighted by atomic mass is 10.1. The maximum Gasteiger partial charge on any atom is 0.242 e. The first kappa shape index (κ1) is 24.1. The predicted molar refractivity (Wildman–Crippen MR) is 108 cm³/mol. The Kier molecular flexibility index (Phi) is 10.1. The van der Waals surface area contributed by atoms with Gasteiger partial charge in [0.2, 0.25) is 21.8 Å². The van der Waals surface area contributed by atoms with Gasteiger partial charge in [-0.25, -0.2) is 8.42 Å². The van der Waals surface area contributed by atoms with Gasteiger partial charge in [-0.15, -0.1) is 0 Å². The smallest absolute Gasteiger partial charge is 0.242 e. The summed E-state index contributed by atoms with van der Waals surface area (Å²) in [6.07, 6.45) is 1.71. The van der Waals surface area contributed by atoms with E-state index in [1.165, 1.54) is 11.9 Å². The fourth-order valence-corrected chi connectivity index (χ4v) is 2.78. The molecule has 0 spiro atoms. The number of nitrogens with one attached hydrogen (secondary N) is 1. The van der Waals surface area contributed by atoms with Crippen LogP contribution < -0.4 is 5.32 Å². The van der Waals surface area contributed by atoms with Crippen LogP contribution in [0.25, 0.3) is 0 Å². The van der Waals surface area contributed by atoms with E-state index in [-0.39, 0.29) is 19.0 Å². The Hall–Kier alpha value is -1.97. The van der Waals surface area contributed by atoms with Crippen LogP contribution in [0, 0.1) is 0 Å². The van der Waals surface area contributed by atoms with Gasteiger partial charge in [0.15, 0.2) is 0 Å². The van der Waals surface area contributed by atoms with Gasteiger partial charge < -0.3 is 15.0 Å². The fourth-order valence-electron chi connectivity index (χ4n) is 2.44. The quantitative estimate of drug-likeness (QED) is 0.512. The van der Waals surface area contributed by atoms with Crippen LogP contribution in [0.2, 0.25) is 0 Å². The largest absolute Gasteiger partial charge is 0.382 e. The second-order valence-corrected chi connectivity index (χ2v) is 8.63. The Morgan fingerprint density at radius 1 is 1.21 bits per heavy atom. The third-order valence-electron chi connectivity index (χ3n) is 4.26. The van der Waals surface area contributed by atoms with Crippen LogP contribution in [0.15, 0.2) is 30.3 Å². The number of hydrogen-bond acceptors (Lipinski definition) is 5. The molecule has 0 radical (unpaired) electrons. The molecular formula is C19H31N3O5S. The van der Waals surface area contributed by atoms with E-state index in [2.05, 4.69) is 5.32 Å². The van der Waals surface area contributed by atoms with Crippen LogP contribution >= 0.6 is 0 Å². The molecular weight excluding hydrogens is 382 g/mol. The highest BCUT2D eigenvalue weighted by atomic mass is 32.2. The summed E-state index contributed by atoms with van der Waals surface area (Å²) < 4.78 is 29.5. The molecule has 0 unspecified atom stereocenters. The molecule has 1 N–H and O–H groups in total. The van der Waals surface area contributed by atoms with Gasteiger partial charge >= 0.3 is 0 Å². The lowest BCUT2D eigenvalue weighted by molar-refractivity contribution is -0.140. The van der Waals surface area contributed by atoms with Crippen molar-refractivity contribution >= 4 is 21.8 Å². The molecule has 0 aliphatic rings. The molecule has 0 aliphatic carbocycles. The second kappa shape index (κ2) is 11.8. The van der Waals surface area contributed by atoms with E-state index < -0.39 is 22.0 Å². The Bertz CT molecular complexity index is 724. The van der Waals surface area contributed by atoms with Crippen molar-refractivity contribution in [1.29, 1.82) is 0 Å². The lowest BCUT2D eigenvalue weighted by Crippen LogP contribution is -2.50. The van der Waals surface area contributed by atoms with Crippen molar-refractivity contribution in [2.45, 2.75) is 32.9 Å². The lowest BCUT2D eigenvalue weighted by Gasteiger charge is -2.30. The number of carbonyl (C=O) groups excluding carboxylic acids is 2. The molecule has 0 aliphatic heterocycles. The van der Waals surface area contributed by atoms with Crippen molar-refractivity contribution in [3.8, 4) is 0 Å². The summed E-state index contributed by atoms with van der Waals surface area (Å²) in [7, 11) is -2.16. The minimum absolute atomic E-state index is 0.213. The molecule has 28 heavy (non-hydrogen) atoms. The van der Waals surface area contributed by atoms with Gasteiger partial charge in [0.1, 0.15) is 6.04 Å². The topological polar surface area (TPSA) is 96.0 Å². The predicted octanol–water partition coefficient (Wildman–Crippen LogP) is 0.838. The van der Waals surface area contributed by atoms with Crippen LogP contribution in [0.4, 0.5) is 0 Å². The Morgan fingerprint density at radius 3 is 2.43 bits per heavy atom. The first-order valence-corrected chi connectivity index (χ1v) is 11.1. The van der Waals surface area contributed by atoms with E-state index in [9.17, 15) is 18.0 Å². The molecule has 0 aromatic heterocycles. The molecule has 0 fully saturated rings. The first-order chi connectivity index (χ1) is 13.2. The van der Waals surface area contributed by atoms with E-state index in [0.717, 1.165) is 16.1 Å². The highest BCUT2D eigenvalue weighted by molar-refractivity contribution is 7.88. The van der Waals surface area contributed by atoms with Crippen molar-refractivity contribution < 1.29 is 22.7 Å². The average Bonchev–Trinajstić information content (AvgIpc) is 2.65. The van der Waals surface area contributed by atoms with Gasteiger partial charge in [-0.2, -0.15) is 4.31 Å². The van der Waals surface area contributed by atoms with Crippen molar-refractivity contribution in [2.24, 2.45) is 0 Å². The zero-order valence-corrected chi connectivity index (χ0v) is 17.9. The molecule has 0 bridgehead atoms. The highest BCUT2D eigenvalue weighted by Gasteiger charge is 2.28. The third-order valence-corrected chi connectivity index (χ3v) is 5.52. The van der Waals surface area contributed by atoms with Gasteiger partial charge in [0.25, 0.3) is 0 Å². The Labute approximate surface area is 167 Å². The van der Waals surface area contributed by atoms with E-state index in [1.807, 2.05) is 37.3 Å². The summed E-state index contributed by atoms with van der Waals surface area (Å²) in [5.74, 6) is -0.725. The van der Waals surface area contributed by atoms with Crippen molar-refractivity contribution in [3.63, 3.8) is 0 Å². The molecule has 8 nitrogen and oxygen atoms in total. The number of hydrogen-bond donors (Lipinski definition) is 1. The molecule has 0 saturated carbocycles. The second-order valence-electron chi connectivity index (χ2n) is 6.54. The van der Waals surface area contributed by atoms with Crippen LogP contribution in [-0.2, 0) is 30.9 Å². The van der Waals surface area contributed by atoms with E-state index in [1.54, 1.807) is 6.92 Å².